The van der Waals surface area contributed by atoms with Crippen molar-refractivity contribution >= 4 is 46.1 Å². The Morgan fingerprint density at radius 3 is 2.36 bits per heavy atom. The summed E-state index contributed by atoms with van der Waals surface area (Å²) >= 11 is 10.6. The van der Waals surface area contributed by atoms with Crippen molar-refractivity contribution in [2.75, 3.05) is 24.5 Å². The first-order valence-corrected chi connectivity index (χ1v) is 13.4. The molecule has 7 nitrogen and oxygen atoms in total. The molecule has 10 heteroatoms. The van der Waals surface area contributed by atoms with E-state index in [1.165, 1.54) is 8.61 Å². The lowest BCUT2D eigenvalue weighted by molar-refractivity contribution is 0.0851. The molecule has 0 saturated carbocycles. The molecule has 1 aliphatic rings. The summed E-state index contributed by atoms with van der Waals surface area (Å²) in [5.74, 6) is 0.939. The number of amides is 1. The van der Waals surface area contributed by atoms with E-state index in [1.807, 2.05) is 12.1 Å². The molecule has 1 amide bonds. The van der Waals surface area contributed by atoms with E-state index in [9.17, 15) is 9.00 Å². The van der Waals surface area contributed by atoms with Crippen LogP contribution in [0.2, 0.25) is 10.3 Å². The van der Waals surface area contributed by atoms with Crippen molar-refractivity contribution in [2.45, 2.75) is 64.8 Å². The summed E-state index contributed by atoms with van der Waals surface area (Å²) in [7, 11) is 1.69. The molecule has 3 rings (SSSR count). The number of carbonyl (C=O) groups excluding carboxylic acids is 1. The van der Waals surface area contributed by atoms with E-state index < -0.39 is 11.2 Å². The Balaban J connectivity index is 1.49. The van der Waals surface area contributed by atoms with Gasteiger partial charge < -0.3 is 9.30 Å². The summed E-state index contributed by atoms with van der Waals surface area (Å²) in [5, 5.41) is 0.961. The topological polar surface area (TPSA) is 67.7 Å². The normalized spacial score (nSPS) is 15.8. The summed E-state index contributed by atoms with van der Waals surface area (Å²) in [5.41, 5.74) is 0.440. The minimum Gasteiger partial charge on any atom is -0.494 e. The third-order valence-electron chi connectivity index (χ3n) is 5.63. The highest BCUT2D eigenvalue weighted by atomic mass is 35.5. The first kappa shape index (κ1) is 25.8. The molecule has 2 heterocycles. The number of ether oxygens (including phenoxy) is 1. The number of halogens is 2. The number of hydrogen-bond donors (Lipinski definition) is 0. The van der Waals surface area contributed by atoms with Gasteiger partial charge in [-0.25, -0.2) is 8.51 Å². The number of rotatable bonds is 13. The van der Waals surface area contributed by atoms with Crippen LogP contribution in [0.25, 0.3) is 0 Å². The fourth-order valence-electron chi connectivity index (χ4n) is 3.77. The highest BCUT2D eigenvalue weighted by Crippen LogP contribution is 2.32. The first-order chi connectivity index (χ1) is 15.9. The maximum Gasteiger partial charge on any atom is 0.287 e. The minimum absolute atomic E-state index is 0.262. The van der Waals surface area contributed by atoms with Crippen LogP contribution in [-0.2, 0) is 17.7 Å². The van der Waals surface area contributed by atoms with Crippen LogP contribution < -0.4 is 9.04 Å². The maximum atomic E-state index is 13.2. The van der Waals surface area contributed by atoms with Crippen molar-refractivity contribution in [3.05, 3.63) is 40.3 Å². The van der Waals surface area contributed by atoms with Gasteiger partial charge in [0.1, 0.15) is 5.75 Å². The number of nitrogens with zero attached hydrogens (tertiary/aromatic N) is 4. The monoisotopic (exact) mass is 514 g/mol. The second kappa shape index (κ2) is 12.6. The standard InChI is InChI=1S/C23H32Cl2N4O3S/c1-3-4-5-8-15-28-20-21(26-23(28)25)27(2)33(31)29(22(20)30)16-9-6-7-10-17-32-19-13-11-18(24)12-14-19/h11-14H,3-10,15-17H2,1-2H3. The Bertz CT molecular complexity index is 952. The van der Waals surface area contributed by atoms with Crippen LogP contribution in [0.1, 0.15) is 68.8 Å². The fourth-order valence-corrected chi connectivity index (χ4v) is 5.23. The number of imidazole rings is 1. The molecule has 1 unspecified atom stereocenters. The molecule has 1 aromatic carbocycles. The molecule has 0 fully saturated rings. The van der Waals surface area contributed by atoms with Crippen LogP contribution >= 0.6 is 23.2 Å². The lowest BCUT2D eigenvalue weighted by Gasteiger charge is -2.31. The van der Waals surface area contributed by atoms with E-state index in [-0.39, 0.29) is 11.2 Å². The highest BCUT2D eigenvalue weighted by molar-refractivity contribution is 7.84. The summed E-state index contributed by atoms with van der Waals surface area (Å²) in [4.78, 5) is 17.5. The quantitative estimate of drug-likeness (QED) is 0.313. The molecule has 0 bridgehead atoms. The van der Waals surface area contributed by atoms with E-state index in [0.29, 0.717) is 36.2 Å². The molecule has 0 N–H and O–H groups in total. The number of hydrogen-bond acceptors (Lipinski definition) is 4. The van der Waals surface area contributed by atoms with Gasteiger partial charge in [-0.1, -0.05) is 50.6 Å². The van der Waals surface area contributed by atoms with E-state index in [2.05, 4.69) is 11.9 Å². The van der Waals surface area contributed by atoms with Crippen molar-refractivity contribution < 1.29 is 13.7 Å². The van der Waals surface area contributed by atoms with Gasteiger partial charge in [0, 0.05) is 25.2 Å². The lowest BCUT2D eigenvalue weighted by atomic mass is 10.2. The average molecular weight is 516 g/mol. The van der Waals surface area contributed by atoms with Gasteiger partial charge in [-0.05, 0) is 55.1 Å². The molecular formula is C23H32Cl2N4O3S. The van der Waals surface area contributed by atoms with E-state index in [1.54, 1.807) is 23.7 Å². The van der Waals surface area contributed by atoms with Crippen LogP contribution in [0.15, 0.2) is 24.3 Å². The van der Waals surface area contributed by atoms with Gasteiger partial charge in [-0.2, -0.15) is 4.98 Å². The Hall–Kier alpha value is -1.77. The van der Waals surface area contributed by atoms with Crippen molar-refractivity contribution in [3.63, 3.8) is 0 Å². The third-order valence-corrected chi connectivity index (χ3v) is 7.53. The molecule has 182 valence electrons. The van der Waals surface area contributed by atoms with Gasteiger partial charge in [0.25, 0.3) is 5.91 Å². The molecule has 0 radical (unpaired) electrons. The zero-order chi connectivity index (χ0) is 23.8. The molecule has 0 aliphatic carbocycles. The summed E-state index contributed by atoms with van der Waals surface area (Å²) in [6.07, 6.45) is 7.82. The molecule has 0 spiro atoms. The predicted molar refractivity (Wildman–Crippen MR) is 134 cm³/mol. The molecule has 33 heavy (non-hydrogen) atoms. The Morgan fingerprint density at radius 2 is 1.64 bits per heavy atom. The Morgan fingerprint density at radius 1 is 0.970 bits per heavy atom. The number of fused-ring (bicyclic) bond motifs is 1. The molecule has 0 saturated heterocycles. The number of carbonyl (C=O) groups is 1. The molecule has 1 atom stereocenters. The zero-order valence-corrected chi connectivity index (χ0v) is 21.6. The number of aromatic nitrogens is 2. The smallest absolute Gasteiger partial charge is 0.287 e. The second-order valence-corrected chi connectivity index (χ2v) is 10.3. The highest BCUT2D eigenvalue weighted by Gasteiger charge is 2.38. The van der Waals surface area contributed by atoms with Gasteiger partial charge in [-0.15, -0.1) is 0 Å². The van der Waals surface area contributed by atoms with Gasteiger partial charge in [0.2, 0.25) is 16.5 Å². The third kappa shape index (κ3) is 6.64. The fraction of sp³-hybridized carbons (Fsp3) is 0.565. The number of unbranched alkanes of at least 4 members (excludes halogenated alkanes) is 6. The van der Waals surface area contributed by atoms with Crippen molar-refractivity contribution in [1.29, 1.82) is 0 Å². The molecule has 1 aliphatic heterocycles. The van der Waals surface area contributed by atoms with E-state index in [0.717, 1.165) is 57.1 Å². The maximum absolute atomic E-state index is 13.2. The van der Waals surface area contributed by atoms with Gasteiger partial charge >= 0.3 is 0 Å². The van der Waals surface area contributed by atoms with Crippen LogP contribution in [0.3, 0.4) is 0 Å². The van der Waals surface area contributed by atoms with E-state index in [4.69, 9.17) is 27.9 Å². The number of benzene rings is 1. The second-order valence-electron chi connectivity index (χ2n) is 8.12. The lowest BCUT2D eigenvalue weighted by Crippen LogP contribution is -2.46. The minimum atomic E-state index is -1.61. The predicted octanol–water partition coefficient (Wildman–Crippen LogP) is 5.88. The van der Waals surface area contributed by atoms with Crippen LogP contribution in [0.4, 0.5) is 5.82 Å². The summed E-state index contributed by atoms with van der Waals surface area (Å²) in [6, 6.07) is 7.31. The van der Waals surface area contributed by atoms with Crippen molar-refractivity contribution in [1.82, 2.24) is 13.9 Å². The van der Waals surface area contributed by atoms with Crippen molar-refractivity contribution in [2.24, 2.45) is 0 Å². The van der Waals surface area contributed by atoms with Gasteiger partial charge in [0.15, 0.2) is 11.5 Å². The summed E-state index contributed by atoms with van der Waals surface area (Å²) in [6.45, 7) is 3.84. The van der Waals surface area contributed by atoms with Crippen LogP contribution in [0, 0.1) is 0 Å². The molecule has 2 aromatic rings. The first-order valence-electron chi connectivity index (χ1n) is 11.6. The Kier molecular flexibility index (Phi) is 9.89. The number of anilines is 1. The molecule has 1 aromatic heterocycles. The van der Waals surface area contributed by atoms with Crippen LogP contribution in [0.5, 0.6) is 5.75 Å². The Labute approximate surface area is 208 Å². The summed E-state index contributed by atoms with van der Waals surface area (Å²) < 4.78 is 23.3. The zero-order valence-electron chi connectivity index (χ0n) is 19.3. The van der Waals surface area contributed by atoms with Gasteiger partial charge in [-0.3, -0.25) is 9.10 Å². The van der Waals surface area contributed by atoms with E-state index >= 15 is 0 Å². The average Bonchev–Trinajstić information content (AvgIpc) is 3.14. The van der Waals surface area contributed by atoms with Crippen LogP contribution in [-0.4, -0.2) is 44.2 Å². The SMILES string of the molecule is CCCCCCn1c(Cl)nc2c1C(=O)N(CCCCCCOc1ccc(Cl)cc1)S(=O)N2C. The largest absolute Gasteiger partial charge is 0.494 e. The van der Waals surface area contributed by atoms with Gasteiger partial charge in [0.05, 0.1) is 6.61 Å². The molecular weight excluding hydrogens is 483 g/mol. The van der Waals surface area contributed by atoms with Crippen molar-refractivity contribution in [3.8, 4) is 5.75 Å².